The maximum Gasteiger partial charge on any atom is 0.134 e. The summed E-state index contributed by atoms with van der Waals surface area (Å²) in [7, 11) is 0. The first-order valence-corrected chi connectivity index (χ1v) is 4.49. The predicted octanol–water partition coefficient (Wildman–Crippen LogP) is 2.28. The van der Waals surface area contributed by atoms with Crippen molar-refractivity contribution < 1.29 is 4.79 Å². The third-order valence-electron chi connectivity index (χ3n) is 1.53. The Morgan fingerprint density at radius 1 is 1.67 bits per heavy atom. The van der Waals surface area contributed by atoms with E-state index in [0.29, 0.717) is 6.42 Å². The number of hydrogen-bond acceptors (Lipinski definition) is 2. The van der Waals surface area contributed by atoms with Crippen LogP contribution < -0.4 is 0 Å². The van der Waals surface area contributed by atoms with Gasteiger partial charge < -0.3 is 0 Å². The van der Waals surface area contributed by atoms with Crippen molar-refractivity contribution in [3.05, 3.63) is 28.0 Å². The predicted molar refractivity (Wildman–Crippen MR) is 51.1 cm³/mol. The largest absolute Gasteiger partial charge is 0.300 e. The second-order valence-corrected chi connectivity index (χ2v) is 3.64. The Hall–Kier alpha value is -0.700. The highest BCUT2D eigenvalue weighted by molar-refractivity contribution is 9.10. The van der Waals surface area contributed by atoms with E-state index in [4.69, 9.17) is 0 Å². The van der Waals surface area contributed by atoms with Crippen LogP contribution in [0.3, 0.4) is 0 Å². The van der Waals surface area contributed by atoms with Crippen molar-refractivity contribution in [2.24, 2.45) is 0 Å². The summed E-state index contributed by atoms with van der Waals surface area (Å²) in [6.45, 7) is 3.50. The molecule has 1 aromatic heterocycles. The Labute approximate surface area is 80.1 Å². The van der Waals surface area contributed by atoms with E-state index in [0.717, 1.165) is 15.7 Å². The third-order valence-corrected chi connectivity index (χ3v) is 2.34. The molecule has 3 heteroatoms. The number of Topliss-reactive ketones (excluding diaryl/α,β-unsaturated/α-hetero) is 1. The van der Waals surface area contributed by atoms with Crippen LogP contribution in [0.1, 0.15) is 18.2 Å². The van der Waals surface area contributed by atoms with Gasteiger partial charge in [-0.05, 0) is 41.4 Å². The highest BCUT2D eigenvalue weighted by Gasteiger charge is 2.00. The van der Waals surface area contributed by atoms with Gasteiger partial charge in [0.15, 0.2) is 0 Å². The van der Waals surface area contributed by atoms with E-state index in [2.05, 4.69) is 20.9 Å². The summed E-state index contributed by atoms with van der Waals surface area (Å²) in [5.74, 6) is 0.160. The number of halogens is 1. The third kappa shape index (κ3) is 2.41. The van der Waals surface area contributed by atoms with Crippen LogP contribution in [0.5, 0.6) is 0 Å². The lowest BCUT2D eigenvalue weighted by Crippen LogP contribution is -1.97. The van der Waals surface area contributed by atoms with E-state index in [9.17, 15) is 4.79 Å². The molecule has 1 heterocycles. The number of carbonyl (C=O) groups is 1. The van der Waals surface area contributed by atoms with Crippen molar-refractivity contribution in [3.63, 3.8) is 0 Å². The highest BCUT2D eigenvalue weighted by Crippen LogP contribution is 2.15. The molecule has 0 fully saturated rings. The zero-order valence-electron chi connectivity index (χ0n) is 7.10. The van der Waals surface area contributed by atoms with Crippen molar-refractivity contribution >= 4 is 21.7 Å². The minimum atomic E-state index is 0.160. The van der Waals surface area contributed by atoms with Gasteiger partial charge in [0.25, 0.3) is 0 Å². The summed E-state index contributed by atoms with van der Waals surface area (Å²) in [6, 6.07) is 1.93. The molecular weight excluding hydrogens is 218 g/mol. The van der Waals surface area contributed by atoms with E-state index in [1.165, 1.54) is 0 Å². The Morgan fingerprint density at radius 2 is 2.33 bits per heavy atom. The summed E-state index contributed by atoms with van der Waals surface area (Å²) in [6.07, 6.45) is 2.20. The van der Waals surface area contributed by atoms with E-state index in [1.807, 2.05) is 13.0 Å². The van der Waals surface area contributed by atoms with Crippen LogP contribution in [-0.2, 0) is 11.2 Å². The van der Waals surface area contributed by atoms with Crippen LogP contribution in [0, 0.1) is 6.92 Å². The Kier molecular flexibility index (Phi) is 2.98. The molecule has 0 atom stereocenters. The maximum atomic E-state index is 10.8. The summed E-state index contributed by atoms with van der Waals surface area (Å²) < 4.78 is 0.959. The SMILES string of the molecule is CC(=O)Cc1cnc(C)c(Br)c1. The highest BCUT2D eigenvalue weighted by atomic mass is 79.9. The van der Waals surface area contributed by atoms with E-state index in [1.54, 1.807) is 13.1 Å². The molecule has 0 unspecified atom stereocenters. The molecule has 0 saturated heterocycles. The fourth-order valence-electron chi connectivity index (χ4n) is 0.930. The number of carbonyl (C=O) groups excluding carboxylic acids is 1. The van der Waals surface area contributed by atoms with Gasteiger partial charge in [0.2, 0.25) is 0 Å². The lowest BCUT2D eigenvalue weighted by Gasteiger charge is -2.00. The van der Waals surface area contributed by atoms with Crippen LogP contribution >= 0.6 is 15.9 Å². The fraction of sp³-hybridized carbons (Fsp3) is 0.333. The number of rotatable bonds is 2. The van der Waals surface area contributed by atoms with Crippen molar-refractivity contribution in [1.82, 2.24) is 4.98 Å². The summed E-state index contributed by atoms with van der Waals surface area (Å²) in [4.78, 5) is 14.9. The summed E-state index contributed by atoms with van der Waals surface area (Å²) in [5.41, 5.74) is 1.90. The van der Waals surface area contributed by atoms with Crippen molar-refractivity contribution in [1.29, 1.82) is 0 Å². The zero-order chi connectivity index (χ0) is 9.14. The Bertz CT molecular complexity index is 309. The van der Waals surface area contributed by atoms with Crippen LogP contribution in [0.2, 0.25) is 0 Å². The van der Waals surface area contributed by atoms with Gasteiger partial charge in [0.05, 0.1) is 5.69 Å². The topological polar surface area (TPSA) is 30.0 Å². The minimum Gasteiger partial charge on any atom is -0.300 e. The molecule has 0 aliphatic carbocycles. The van der Waals surface area contributed by atoms with Gasteiger partial charge in [-0.15, -0.1) is 0 Å². The number of aromatic nitrogens is 1. The van der Waals surface area contributed by atoms with Crippen molar-refractivity contribution in [2.45, 2.75) is 20.3 Å². The van der Waals surface area contributed by atoms with Gasteiger partial charge in [-0.25, -0.2) is 0 Å². The number of nitrogens with zero attached hydrogens (tertiary/aromatic N) is 1. The van der Waals surface area contributed by atoms with E-state index < -0.39 is 0 Å². The zero-order valence-corrected chi connectivity index (χ0v) is 8.68. The number of aryl methyl sites for hydroxylation is 1. The second-order valence-electron chi connectivity index (χ2n) is 2.79. The molecule has 0 aliphatic rings. The Morgan fingerprint density at radius 3 is 2.83 bits per heavy atom. The molecule has 0 spiro atoms. The molecule has 0 bridgehead atoms. The molecule has 0 aliphatic heterocycles. The summed E-state index contributed by atoms with van der Waals surface area (Å²) >= 11 is 3.36. The molecule has 0 radical (unpaired) electrons. The molecular formula is C9H10BrNO. The van der Waals surface area contributed by atoms with Crippen LogP contribution in [0.25, 0.3) is 0 Å². The lowest BCUT2D eigenvalue weighted by atomic mass is 10.1. The van der Waals surface area contributed by atoms with Gasteiger partial charge in [0, 0.05) is 17.1 Å². The monoisotopic (exact) mass is 227 g/mol. The average molecular weight is 228 g/mol. The van der Waals surface area contributed by atoms with Crippen LogP contribution in [0.15, 0.2) is 16.7 Å². The van der Waals surface area contributed by atoms with Gasteiger partial charge in [-0.1, -0.05) is 0 Å². The maximum absolute atomic E-state index is 10.8. The fourth-order valence-corrected chi connectivity index (χ4v) is 1.33. The van der Waals surface area contributed by atoms with Gasteiger partial charge in [-0.3, -0.25) is 9.78 Å². The van der Waals surface area contributed by atoms with Crippen LogP contribution in [-0.4, -0.2) is 10.8 Å². The number of hydrogen-bond donors (Lipinski definition) is 0. The molecule has 0 N–H and O–H groups in total. The molecule has 12 heavy (non-hydrogen) atoms. The summed E-state index contributed by atoms with van der Waals surface area (Å²) in [5, 5.41) is 0. The quantitative estimate of drug-likeness (QED) is 0.777. The normalized spacial score (nSPS) is 9.92. The van der Waals surface area contributed by atoms with Crippen molar-refractivity contribution in [3.8, 4) is 0 Å². The van der Waals surface area contributed by atoms with Crippen molar-refractivity contribution in [2.75, 3.05) is 0 Å². The van der Waals surface area contributed by atoms with Gasteiger partial charge in [-0.2, -0.15) is 0 Å². The van der Waals surface area contributed by atoms with Gasteiger partial charge >= 0.3 is 0 Å². The first kappa shape index (κ1) is 9.39. The number of pyridine rings is 1. The first-order valence-electron chi connectivity index (χ1n) is 3.70. The van der Waals surface area contributed by atoms with E-state index >= 15 is 0 Å². The molecule has 0 aromatic carbocycles. The molecule has 1 rings (SSSR count). The molecule has 0 amide bonds. The standard InChI is InChI=1S/C9H10BrNO/c1-6(12)3-8-4-9(10)7(2)11-5-8/h4-5H,3H2,1-2H3. The smallest absolute Gasteiger partial charge is 0.134 e. The second kappa shape index (κ2) is 3.81. The van der Waals surface area contributed by atoms with Gasteiger partial charge in [0.1, 0.15) is 5.78 Å². The minimum absolute atomic E-state index is 0.160. The molecule has 1 aromatic rings. The first-order chi connectivity index (χ1) is 5.59. The number of ketones is 1. The lowest BCUT2D eigenvalue weighted by molar-refractivity contribution is -0.116. The van der Waals surface area contributed by atoms with E-state index in [-0.39, 0.29) is 5.78 Å². The average Bonchev–Trinajstić information content (AvgIpc) is 1.96. The Balaban J connectivity index is 2.89. The molecule has 64 valence electrons. The molecule has 0 saturated carbocycles. The molecule has 2 nitrogen and oxygen atoms in total. The van der Waals surface area contributed by atoms with Crippen LogP contribution in [0.4, 0.5) is 0 Å².